The maximum atomic E-state index is 13.2. The summed E-state index contributed by atoms with van der Waals surface area (Å²) in [6.07, 6.45) is 1.45. The minimum atomic E-state index is -0.228. The highest BCUT2D eigenvalue weighted by molar-refractivity contribution is 14.0. The van der Waals surface area contributed by atoms with E-state index in [1.807, 2.05) is 35.2 Å². The maximum absolute atomic E-state index is 13.2. The molecule has 0 bridgehead atoms. The van der Waals surface area contributed by atoms with Crippen LogP contribution in [0.25, 0.3) is 0 Å². The highest BCUT2D eigenvalue weighted by atomic mass is 127. The third-order valence-electron chi connectivity index (χ3n) is 5.91. The van der Waals surface area contributed by atoms with Crippen molar-refractivity contribution in [3.05, 3.63) is 71.5 Å². The van der Waals surface area contributed by atoms with E-state index < -0.39 is 0 Å². The fourth-order valence-electron chi connectivity index (χ4n) is 3.88. The molecule has 32 heavy (non-hydrogen) atoms. The van der Waals surface area contributed by atoms with Crippen molar-refractivity contribution in [2.45, 2.75) is 32.1 Å². The van der Waals surface area contributed by atoms with Crippen molar-refractivity contribution in [1.82, 2.24) is 15.5 Å². The molecule has 1 amide bonds. The highest BCUT2D eigenvalue weighted by Gasteiger charge is 2.29. The van der Waals surface area contributed by atoms with Crippen LogP contribution < -0.4 is 10.6 Å². The summed E-state index contributed by atoms with van der Waals surface area (Å²) < 4.78 is 13.2. The molecule has 0 aromatic heterocycles. The summed E-state index contributed by atoms with van der Waals surface area (Å²) in [6, 6.07) is 16.9. The molecule has 2 aromatic rings. The van der Waals surface area contributed by atoms with Gasteiger partial charge in [0.25, 0.3) is 0 Å². The number of guanidine groups is 1. The summed E-state index contributed by atoms with van der Waals surface area (Å²) in [5.41, 5.74) is 2.14. The molecule has 0 spiro atoms. The average molecular weight is 552 g/mol. The molecular weight excluding hydrogens is 518 g/mol. The lowest BCUT2D eigenvalue weighted by Crippen LogP contribution is -2.45. The monoisotopic (exact) mass is 552 g/mol. The lowest BCUT2D eigenvalue weighted by Gasteiger charge is -2.27. The Morgan fingerprint density at radius 3 is 2.47 bits per heavy atom. The second-order valence-electron chi connectivity index (χ2n) is 8.84. The number of carbonyl (C=O) groups excluding carboxylic acids is 1. The summed E-state index contributed by atoms with van der Waals surface area (Å²) in [5.74, 6) is 0.981. The molecule has 1 aliphatic heterocycles. The number of aliphatic imine (C=N–C) groups is 1. The fourth-order valence-corrected chi connectivity index (χ4v) is 3.88. The molecule has 2 N–H and O–H groups in total. The topological polar surface area (TPSA) is 56.7 Å². The van der Waals surface area contributed by atoms with Crippen molar-refractivity contribution >= 4 is 35.8 Å². The van der Waals surface area contributed by atoms with Gasteiger partial charge in [-0.15, -0.1) is 24.0 Å². The van der Waals surface area contributed by atoms with Crippen LogP contribution in [0.4, 0.5) is 4.39 Å². The Morgan fingerprint density at radius 1 is 1.12 bits per heavy atom. The minimum Gasteiger partial charge on any atom is -0.356 e. The molecule has 7 heteroatoms. The van der Waals surface area contributed by atoms with E-state index in [0.717, 1.165) is 25.1 Å². The average Bonchev–Trinajstić information content (AvgIpc) is 3.13. The van der Waals surface area contributed by atoms with Gasteiger partial charge in [-0.3, -0.25) is 9.79 Å². The second kappa shape index (κ2) is 12.2. The van der Waals surface area contributed by atoms with E-state index in [1.165, 1.54) is 17.7 Å². The van der Waals surface area contributed by atoms with Crippen molar-refractivity contribution < 1.29 is 9.18 Å². The van der Waals surface area contributed by atoms with E-state index in [9.17, 15) is 9.18 Å². The molecule has 174 valence electrons. The summed E-state index contributed by atoms with van der Waals surface area (Å²) in [6.45, 7) is 7.12. The van der Waals surface area contributed by atoms with Crippen molar-refractivity contribution in [3.8, 4) is 0 Å². The third kappa shape index (κ3) is 7.46. The van der Waals surface area contributed by atoms with E-state index in [-0.39, 0.29) is 47.0 Å². The quantitative estimate of drug-likeness (QED) is 0.296. The maximum Gasteiger partial charge on any atom is 0.223 e. The molecule has 0 aliphatic carbocycles. The highest BCUT2D eigenvalue weighted by Crippen LogP contribution is 2.22. The number of amides is 1. The number of benzene rings is 2. The number of nitrogens with one attached hydrogen (secondary N) is 2. The Hall–Kier alpha value is -2.16. The number of hydrogen-bond acceptors (Lipinski definition) is 2. The number of hydrogen-bond donors (Lipinski definition) is 2. The van der Waals surface area contributed by atoms with Gasteiger partial charge in [-0.2, -0.15) is 0 Å². The van der Waals surface area contributed by atoms with Crippen LogP contribution in [-0.4, -0.2) is 50.0 Å². The number of carbonyl (C=O) groups is 1. The van der Waals surface area contributed by atoms with Gasteiger partial charge >= 0.3 is 0 Å². The Kier molecular flexibility index (Phi) is 9.93. The van der Waals surface area contributed by atoms with E-state index in [2.05, 4.69) is 41.6 Å². The zero-order chi connectivity index (χ0) is 22.3. The number of rotatable bonds is 8. The van der Waals surface area contributed by atoms with Crippen molar-refractivity contribution in [2.24, 2.45) is 10.9 Å². The van der Waals surface area contributed by atoms with Crippen LogP contribution in [0.15, 0.2) is 59.6 Å². The number of likely N-dealkylation sites (tertiary alicyclic amines) is 1. The van der Waals surface area contributed by atoms with E-state index in [0.29, 0.717) is 25.5 Å². The van der Waals surface area contributed by atoms with Gasteiger partial charge in [-0.05, 0) is 29.7 Å². The molecule has 0 radical (unpaired) electrons. The van der Waals surface area contributed by atoms with Crippen LogP contribution in [0.5, 0.6) is 0 Å². The van der Waals surface area contributed by atoms with Crippen LogP contribution >= 0.6 is 24.0 Å². The molecule has 1 unspecified atom stereocenters. The largest absolute Gasteiger partial charge is 0.356 e. The van der Waals surface area contributed by atoms with Crippen LogP contribution in [0, 0.1) is 11.7 Å². The van der Waals surface area contributed by atoms with Crippen molar-refractivity contribution in [1.29, 1.82) is 0 Å². The number of halogens is 2. The summed E-state index contributed by atoms with van der Waals surface area (Å²) in [4.78, 5) is 18.7. The Morgan fingerprint density at radius 2 is 1.81 bits per heavy atom. The molecule has 1 heterocycles. The lowest BCUT2D eigenvalue weighted by molar-refractivity contribution is -0.127. The van der Waals surface area contributed by atoms with Crippen LogP contribution in [0.3, 0.4) is 0 Å². The first kappa shape index (κ1) is 26.1. The molecule has 2 aromatic carbocycles. The Labute approximate surface area is 207 Å². The Bertz CT molecular complexity index is 887. The number of nitrogens with zero attached hydrogens (tertiary/aromatic N) is 2. The van der Waals surface area contributed by atoms with Crippen LogP contribution in [-0.2, 0) is 16.6 Å². The van der Waals surface area contributed by atoms with Gasteiger partial charge < -0.3 is 15.5 Å². The van der Waals surface area contributed by atoms with Gasteiger partial charge in [0.15, 0.2) is 5.96 Å². The predicted molar refractivity (Wildman–Crippen MR) is 139 cm³/mol. The fraction of sp³-hybridized carbons (Fsp3) is 0.440. The predicted octanol–water partition coefficient (Wildman–Crippen LogP) is 3.98. The Balaban J connectivity index is 0.00000363. The standard InChI is InChI=1S/C25H33FN4O.HI/c1-25(2,21-9-11-22(26)12-10-21)18-29-24(27-3)28-16-20-15-23(31)30(17-20)14-13-19-7-5-4-6-8-19;/h4-12,20H,13-18H2,1-3H3,(H2,27,28,29);1H. The molecule has 5 nitrogen and oxygen atoms in total. The summed E-state index contributed by atoms with van der Waals surface area (Å²) in [5, 5.41) is 6.72. The molecule has 1 aliphatic rings. The second-order valence-corrected chi connectivity index (χ2v) is 8.84. The first-order valence-corrected chi connectivity index (χ1v) is 10.9. The van der Waals surface area contributed by atoms with E-state index >= 15 is 0 Å². The SMILES string of the molecule is CN=C(NCC1CC(=O)N(CCc2ccccc2)C1)NCC(C)(C)c1ccc(F)cc1.I. The molecule has 1 saturated heterocycles. The summed E-state index contributed by atoms with van der Waals surface area (Å²) >= 11 is 0. The molecule has 1 atom stereocenters. The van der Waals surface area contributed by atoms with Gasteiger partial charge in [0, 0.05) is 51.0 Å². The normalized spacial score (nSPS) is 16.6. The van der Waals surface area contributed by atoms with Crippen LogP contribution in [0.2, 0.25) is 0 Å². The lowest BCUT2D eigenvalue weighted by atomic mass is 9.84. The van der Waals surface area contributed by atoms with E-state index in [4.69, 9.17) is 0 Å². The van der Waals surface area contributed by atoms with Crippen molar-refractivity contribution in [3.63, 3.8) is 0 Å². The first-order valence-electron chi connectivity index (χ1n) is 10.9. The van der Waals surface area contributed by atoms with Gasteiger partial charge in [0.05, 0.1) is 0 Å². The van der Waals surface area contributed by atoms with E-state index in [1.54, 1.807) is 7.05 Å². The van der Waals surface area contributed by atoms with Gasteiger partial charge in [0.2, 0.25) is 5.91 Å². The molecular formula is C25H34FIN4O. The third-order valence-corrected chi connectivity index (χ3v) is 5.91. The smallest absolute Gasteiger partial charge is 0.223 e. The zero-order valence-electron chi connectivity index (χ0n) is 19.1. The zero-order valence-corrected chi connectivity index (χ0v) is 21.4. The first-order chi connectivity index (χ1) is 14.9. The summed E-state index contributed by atoms with van der Waals surface area (Å²) in [7, 11) is 1.74. The van der Waals surface area contributed by atoms with Gasteiger partial charge in [-0.1, -0.05) is 56.3 Å². The molecule has 1 fully saturated rings. The van der Waals surface area contributed by atoms with Crippen molar-refractivity contribution in [2.75, 3.05) is 33.2 Å². The van der Waals surface area contributed by atoms with Gasteiger partial charge in [0.1, 0.15) is 5.82 Å². The molecule has 0 saturated carbocycles. The van der Waals surface area contributed by atoms with Crippen LogP contribution in [0.1, 0.15) is 31.4 Å². The van der Waals surface area contributed by atoms with Gasteiger partial charge in [-0.25, -0.2) is 4.39 Å². The minimum absolute atomic E-state index is 0. The molecule has 3 rings (SSSR count).